The van der Waals surface area contributed by atoms with Crippen molar-refractivity contribution in [2.45, 2.75) is 0 Å². The van der Waals surface area contributed by atoms with Gasteiger partial charge in [-0.25, -0.2) is 0 Å². The van der Waals surface area contributed by atoms with Crippen molar-refractivity contribution in [3.8, 4) is 0 Å². The van der Waals surface area contributed by atoms with E-state index in [1.165, 1.54) is 0 Å². The Morgan fingerprint density at radius 2 is 2.00 bits per heavy atom. The number of nitrogens with two attached hydrogens (primary N) is 1. The largest absolute Gasteiger partial charge is 0.399 e. The van der Waals surface area contributed by atoms with E-state index in [9.17, 15) is 0 Å². The Bertz CT molecular complexity index is 251. The van der Waals surface area contributed by atoms with Crippen LogP contribution in [0, 0.1) is 0 Å². The molecule has 0 bridgehead atoms. The van der Waals surface area contributed by atoms with E-state index >= 15 is 0 Å². The Balaban J connectivity index is 2.58. The van der Waals surface area contributed by atoms with Gasteiger partial charge in [-0.3, -0.25) is 0 Å². The molecule has 0 amide bonds. The molecule has 0 fully saturated rings. The lowest BCUT2D eigenvalue weighted by molar-refractivity contribution is 0.234. The van der Waals surface area contributed by atoms with Gasteiger partial charge < -0.3 is 10.5 Å². The molecule has 0 saturated carbocycles. The standard InChI is InChI=1S/C10H13NO/c1-12-8-2-3-9-4-6-10(11)7-5-9/h2-7H,8,11H2,1H3/b3-2+. The fourth-order valence-electron chi connectivity index (χ4n) is 0.888. The molecule has 0 saturated heterocycles. The summed E-state index contributed by atoms with van der Waals surface area (Å²) in [4.78, 5) is 0. The summed E-state index contributed by atoms with van der Waals surface area (Å²) >= 11 is 0. The molecule has 12 heavy (non-hydrogen) atoms. The number of anilines is 1. The van der Waals surface area contributed by atoms with Crippen LogP contribution < -0.4 is 5.73 Å². The third kappa shape index (κ3) is 2.76. The summed E-state index contributed by atoms with van der Waals surface area (Å²) in [6, 6.07) is 7.71. The molecule has 0 spiro atoms. The predicted molar refractivity (Wildman–Crippen MR) is 51.8 cm³/mol. The first-order valence-electron chi connectivity index (χ1n) is 3.84. The van der Waals surface area contributed by atoms with Crippen LogP contribution in [-0.2, 0) is 4.74 Å². The first-order valence-corrected chi connectivity index (χ1v) is 3.84. The third-order valence-corrected chi connectivity index (χ3v) is 1.51. The molecule has 0 aliphatic carbocycles. The van der Waals surface area contributed by atoms with E-state index in [1.807, 2.05) is 36.4 Å². The van der Waals surface area contributed by atoms with Crippen molar-refractivity contribution in [1.29, 1.82) is 0 Å². The average Bonchev–Trinajstić information content (AvgIpc) is 2.09. The number of nitrogen functional groups attached to an aromatic ring is 1. The SMILES string of the molecule is COC/C=C/c1ccc(N)cc1. The van der Waals surface area contributed by atoms with E-state index in [0.717, 1.165) is 11.3 Å². The molecular weight excluding hydrogens is 150 g/mol. The molecule has 1 rings (SSSR count). The van der Waals surface area contributed by atoms with Crippen LogP contribution >= 0.6 is 0 Å². The van der Waals surface area contributed by atoms with E-state index in [0.29, 0.717) is 6.61 Å². The van der Waals surface area contributed by atoms with Gasteiger partial charge in [0, 0.05) is 12.8 Å². The second-order valence-corrected chi connectivity index (χ2v) is 2.52. The maximum Gasteiger partial charge on any atom is 0.0646 e. The van der Waals surface area contributed by atoms with Gasteiger partial charge in [0.05, 0.1) is 6.61 Å². The molecular formula is C10H13NO. The fraction of sp³-hybridized carbons (Fsp3) is 0.200. The molecule has 2 N–H and O–H groups in total. The van der Waals surface area contributed by atoms with Crippen molar-refractivity contribution in [3.63, 3.8) is 0 Å². The van der Waals surface area contributed by atoms with Gasteiger partial charge in [-0.15, -0.1) is 0 Å². The number of hydrogen-bond donors (Lipinski definition) is 1. The molecule has 0 heterocycles. The van der Waals surface area contributed by atoms with Crippen LogP contribution in [0.4, 0.5) is 5.69 Å². The smallest absolute Gasteiger partial charge is 0.0646 e. The predicted octanol–water partition coefficient (Wildman–Crippen LogP) is 1.93. The second-order valence-electron chi connectivity index (χ2n) is 2.52. The highest BCUT2D eigenvalue weighted by atomic mass is 16.5. The third-order valence-electron chi connectivity index (χ3n) is 1.51. The molecule has 0 aliphatic heterocycles. The van der Waals surface area contributed by atoms with E-state index in [-0.39, 0.29) is 0 Å². The van der Waals surface area contributed by atoms with Crippen LogP contribution in [0.25, 0.3) is 6.08 Å². The highest BCUT2D eigenvalue weighted by molar-refractivity contribution is 5.53. The van der Waals surface area contributed by atoms with Crippen LogP contribution in [-0.4, -0.2) is 13.7 Å². The van der Waals surface area contributed by atoms with Crippen LogP contribution in [0.2, 0.25) is 0 Å². The molecule has 0 radical (unpaired) electrons. The lowest BCUT2D eigenvalue weighted by Crippen LogP contribution is -1.83. The first-order chi connectivity index (χ1) is 5.83. The van der Waals surface area contributed by atoms with Gasteiger partial charge in [0.15, 0.2) is 0 Å². The van der Waals surface area contributed by atoms with Gasteiger partial charge in [0.25, 0.3) is 0 Å². The molecule has 0 aliphatic rings. The summed E-state index contributed by atoms with van der Waals surface area (Å²) in [6.07, 6.45) is 3.97. The van der Waals surface area contributed by atoms with Crippen molar-refractivity contribution in [1.82, 2.24) is 0 Å². The van der Waals surface area contributed by atoms with Gasteiger partial charge in [0.1, 0.15) is 0 Å². The Hall–Kier alpha value is -1.28. The summed E-state index contributed by atoms with van der Waals surface area (Å²) in [5, 5.41) is 0. The first kappa shape index (κ1) is 8.81. The van der Waals surface area contributed by atoms with Crippen molar-refractivity contribution in [2.75, 3.05) is 19.5 Å². The molecule has 0 unspecified atom stereocenters. The average molecular weight is 163 g/mol. The van der Waals surface area contributed by atoms with E-state index in [1.54, 1.807) is 7.11 Å². The Morgan fingerprint density at radius 1 is 1.33 bits per heavy atom. The summed E-state index contributed by atoms with van der Waals surface area (Å²) in [5.41, 5.74) is 7.46. The Labute approximate surface area is 72.7 Å². The molecule has 0 atom stereocenters. The van der Waals surface area contributed by atoms with E-state index in [4.69, 9.17) is 10.5 Å². The molecule has 2 heteroatoms. The zero-order valence-corrected chi connectivity index (χ0v) is 7.16. The topological polar surface area (TPSA) is 35.2 Å². The summed E-state index contributed by atoms with van der Waals surface area (Å²) in [6.45, 7) is 0.643. The fourth-order valence-corrected chi connectivity index (χ4v) is 0.888. The van der Waals surface area contributed by atoms with Gasteiger partial charge in [0.2, 0.25) is 0 Å². The lowest BCUT2D eigenvalue weighted by atomic mass is 10.2. The number of methoxy groups -OCH3 is 1. The maximum absolute atomic E-state index is 5.53. The van der Waals surface area contributed by atoms with E-state index in [2.05, 4.69) is 0 Å². The molecule has 0 aromatic heterocycles. The van der Waals surface area contributed by atoms with Crippen LogP contribution in [0.3, 0.4) is 0 Å². The van der Waals surface area contributed by atoms with Crippen LogP contribution in [0.5, 0.6) is 0 Å². The van der Waals surface area contributed by atoms with Gasteiger partial charge in [-0.2, -0.15) is 0 Å². The summed E-state index contributed by atoms with van der Waals surface area (Å²) in [7, 11) is 1.67. The second kappa shape index (κ2) is 4.57. The van der Waals surface area contributed by atoms with Crippen LogP contribution in [0.15, 0.2) is 30.3 Å². The van der Waals surface area contributed by atoms with Gasteiger partial charge >= 0.3 is 0 Å². The highest BCUT2D eigenvalue weighted by Crippen LogP contribution is 2.06. The maximum atomic E-state index is 5.53. The molecule has 64 valence electrons. The minimum absolute atomic E-state index is 0.643. The lowest BCUT2D eigenvalue weighted by Gasteiger charge is -1.94. The molecule has 2 nitrogen and oxygen atoms in total. The number of benzene rings is 1. The minimum Gasteiger partial charge on any atom is -0.399 e. The summed E-state index contributed by atoms with van der Waals surface area (Å²) < 4.78 is 4.88. The molecule has 1 aromatic carbocycles. The van der Waals surface area contributed by atoms with Crippen molar-refractivity contribution in [2.24, 2.45) is 0 Å². The zero-order chi connectivity index (χ0) is 8.81. The van der Waals surface area contributed by atoms with Gasteiger partial charge in [-0.05, 0) is 17.7 Å². The van der Waals surface area contributed by atoms with Crippen LogP contribution in [0.1, 0.15) is 5.56 Å². The number of rotatable bonds is 3. The van der Waals surface area contributed by atoms with Crippen molar-refractivity contribution < 1.29 is 4.74 Å². The van der Waals surface area contributed by atoms with Crippen molar-refractivity contribution in [3.05, 3.63) is 35.9 Å². The van der Waals surface area contributed by atoms with Crippen molar-refractivity contribution >= 4 is 11.8 Å². The normalized spacial score (nSPS) is 10.8. The Morgan fingerprint density at radius 3 is 2.58 bits per heavy atom. The monoisotopic (exact) mass is 163 g/mol. The summed E-state index contributed by atoms with van der Waals surface area (Å²) in [5.74, 6) is 0. The zero-order valence-electron chi connectivity index (χ0n) is 7.16. The van der Waals surface area contributed by atoms with E-state index < -0.39 is 0 Å². The number of hydrogen-bond acceptors (Lipinski definition) is 2. The quantitative estimate of drug-likeness (QED) is 0.691. The Kier molecular flexibility index (Phi) is 3.35. The minimum atomic E-state index is 0.643. The highest BCUT2D eigenvalue weighted by Gasteiger charge is 1.85. The number of ether oxygens (including phenoxy) is 1. The molecule has 1 aromatic rings. The van der Waals surface area contributed by atoms with Gasteiger partial charge in [-0.1, -0.05) is 24.3 Å².